The molecular weight excluding hydrogens is 661 g/mol. The molecule has 0 spiro atoms. The van der Waals surface area contributed by atoms with Gasteiger partial charge < -0.3 is 0 Å². The molecule has 0 atom stereocenters. The van der Waals surface area contributed by atoms with Crippen molar-refractivity contribution < 1.29 is 24.6 Å². The molecule has 0 bridgehead atoms. The minimum absolute atomic E-state index is 0.775. The Hall–Kier alpha value is 2.16. The predicted octanol–water partition coefficient (Wildman–Crippen LogP) is 7.51. The monoisotopic (exact) mass is 722 g/mol. The van der Waals surface area contributed by atoms with Crippen LogP contribution in [-0.4, -0.2) is 86.1 Å². The fourth-order valence-electron chi connectivity index (χ4n) is 8.58. The Morgan fingerprint density at radius 3 is 0.645 bits per heavy atom. The third-order valence-corrected chi connectivity index (χ3v) is 137. The second-order valence-corrected chi connectivity index (χ2v) is 76.2. The summed E-state index contributed by atoms with van der Waals surface area (Å²) in [6.07, 6.45) is 0. The Kier molecular flexibility index (Phi) is 10.2. The SMILES string of the molecule is CN(C)[Si](C)(C)[C]([Hg][C]([Si](C)(C)C)([Si](C)(C)C)[Si](C)(C)N(C)C)([Si](C)(C)C)[Si](C)(C)C. The van der Waals surface area contributed by atoms with Crippen LogP contribution in [0.2, 0.25) is 108 Å². The molecular formula is C22H60HgN2Si6. The van der Waals surface area contributed by atoms with Gasteiger partial charge in [-0.05, 0) is 0 Å². The summed E-state index contributed by atoms with van der Waals surface area (Å²) in [7, 11) is 0.903. The van der Waals surface area contributed by atoms with Gasteiger partial charge in [0.25, 0.3) is 0 Å². The molecule has 0 aliphatic rings. The van der Waals surface area contributed by atoms with Crippen LogP contribution in [0.25, 0.3) is 0 Å². The van der Waals surface area contributed by atoms with Crippen molar-refractivity contribution in [3.05, 3.63) is 0 Å². The van der Waals surface area contributed by atoms with Crippen molar-refractivity contribution in [3.8, 4) is 0 Å². The third kappa shape index (κ3) is 5.32. The van der Waals surface area contributed by atoms with Crippen LogP contribution >= 0.6 is 0 Å². The van der Waals surface area contributed by atoms with E-state index in [4.69, 9.17) is 0 Å². The van der Waals surface area contributed by atoms with Crippen LogP contribution < -0.4 is 0 Å². The predicted molar refractivity (Wildman–Crippen MR) is 161 cm³/mol. The standard InChI is InChI=1S/2C11H30NSi3.Hg/c2*1-12(2)15(9,10)11(13(3,4)5)14(6,7)8;/h2*1-10H3;. The van der Waals surface area contributed by atoms with E-state index >= 15 is 0 Å². The molecule has 0 aromatic carbocycles. The normalized spacial score (nSPS) is 16.2. The van der Waals surface area contributed by atoms with Crippen LogP contribution in [0.5, 0.6) is 0 Å². The van der Waals surface area contributed by atoms with Gasteiger partial charge in [0.15, 0.2) is 0 Å². The van der Waals surface area contributed by atoms with Gasteiger partial charge in [-0.3, -0.25) is 0 Å². The molecule has 9 heteroatoms. The van der Waals surface area contributed by atoms with Gasteiger partial charge in [0.2, 0.25) is 0 Å². The molecule has 0 saturated carbocycles. The molecule has 0 N–H and O–H groups in total. The molecule has 0 amide bonds. The summed E-state index contributed by atoms with van der Waals surface area (Å²) in [5, 5.41) is 0. The summed E-state index contributed by atoms with van der Waals surface area (Å²) in [6, 6.07) is 0. The van der Waals surface area contributed by atoms with Gasteiger partial charge in [0, 0.05) is 0 Å². The molecule has 0 aromatic rings. The number of hydrogen-bond donors (Lipinski definition) is 0. The van der Waals surface area contributed by atoms with Gasteiger partial charge in [0.05, 0.1) is 0 Å². The van der Waals surface area contributed by atoms with Crippen molar-refractivity contribution in [1.29, 1.82) is 0 Å². The van der Waals surface area contributed by atoms with Crippen LogP contribution in [0.3, 0.4) is 0 Å². The van der Waals surface area contributed by atoms with Crippen molar-refractivity contribution in [2.24, 2.45) is 0 Å². The van der Waals surface area contributed by atoms with Gasteiger partial charge in [0.1, 0.15) is 0 Å². The van der Waals surface area contributed by atoms with Gasteiger partial charge in [-0.2, -0.15) is 0 Å². The van der Waals surface area contributed by atoms with E-state index in [1.807, 2.05) is 0 Å². The molecule has 0 aliphatic carbocycles. The number of hydrogen-bond acceptors (Lipinski definition) is 2. The summed E-state index contributed by atoms with van der Waals surface area (Å²) in [5.41, 5.74) is 0. The Morgan fingerprint density at radius 2 is 0.548 bits per heavy atom. The molecule has 0 radical (unpaired) electrons. The zero-order valence-corrected chi connectivity index (χ0v) is 37.1. The van der Waals surface area contributed by atoms with Crippen molar-refractivity contribution in [3.63, 3.8) is 0 Å². The molecule has 0 rings (SSSR count). The van der Waals surface area contributed by atoms with Crippen molar-refractivity contribution in [2.75, 3.05) is 28.2 Å². The van der Waals surface area contributed by atoms with Crippen molar-refractivity contribution in [2.45, 2.75) is 108 Å². The van der Waals surface area contributed by atoms with E-state index in [0.717, 1.165) is 3.59 Å². The summed E-state index contributed by atoms with van der Waals surface area (Å²) < 4.78 is 7.15. The van der Waals surface area contributed by atoms with Crippen molar-refractivity contribution in [1.82, 2.24) is 9.13 Å². The second kappa shape index (κ2) is 9.56. The van der Waals surface area contributed by atoms with E-state index in [9.17, 15) is 0 Å². The third-order valence-electron chi connectivity index (χ3n) is 9.98. The fraction of sp³-hybridized carbons (Fsp3) is 1.00. The molecule has 0 unspecified atom stereocenters. The second-order valence-electron chi connectivity index (χ2n) is 15.9. The van der Waals surface area contributed by atoms with E-state index in [0.29, 0.717) is 0 Å². The molecule has 2 nitrogen and oxygen atoms in total. The Morgan fingerprint density at radius 1 is 0.387 bits per heavy atom. The summed E-state index contributed by atoms with van der Waals surface area (Å²) in [6.45, 7) is 44.8. The van der Waals surface area contributed by atoms with Crippen LogP contribution in [0.4, 0.5) is 0 Å². The van der Waals surface area contributed by atoms with E-state index in [1.165, 1.54) is 0 Å². The first kappa shape index (κ1) is 33.2. The van der Waals surface area contributed by atoms with Crippen LogP contribution in [-0.2, 0) is 24.6 Å². The average molecular weight is 722 g/mol. The van der Waals surface area contributed by atoms with Gasteiger partial charge >= 0.3 is 219 Å². The Bertz CT molecular complexity index is 538. The van der Waals surface area contributed by atoms with Crippen LogP contribution in [0.1, 0.15) is 0 Å². The Labute approximate surface area is 217 Å². The number of nitrogens with zero attached hydrogens (tertiary/aromatic N) is 2. The first-order valence-electron chi connectivity index (χ1n) is 12.4. The van der Waals surface area contributed by atoms with Crippen LogP contribution in [0, 0.1) is 0 Å². The van der Waals surface area contributed by atoms with E-state index < -0.39 is 73.3 Å². The van der Waals surface area contributed by atoms with Crippen LogP contribution in [0.15, 0.2) is 0 Å². The Balaban J connectivity index is 7.94. The zero-order valence-electron chi connectivity index (χ0n) is 25.6. The first-order chi connectivity index (χ1) is 13.1. The molecule has 184 valence electrons. The summed E-state index contributed by atoms with van der Waals surface area (Å²) in [5.74, 6) is 0. The summed E-state index contributed by atoms with van der Waals surface area (Å²) >= 11 is -1.55. The fourth-order valence-corrected chi connectivity index (χ4v) is 136. The van der Waals surface area contributed by atoms with Crippen molar-refractivity contribution >= 4 is 48.8 Å². The van der Waals surface area contributed by atoms with E-state index in [1.54, 1.807) is 0 Å². The summed E-state index contributed by atoms with van der Waals surface area (Å²) in [4.78, 5) is 0. The van der Waals surface area contributed by atoms with E-state index in [2.05, 4.69) is 142 Å². The molecule has 0 aromatic heterocycles. The maximum absolute atomic E-state index is 2.80. The minimum atomic E-state index is -1.61. The number of rotatable bonds is 10. The molecule has 0 aliphatic heterocycles. The van der Waals surface area contributed by atoms with E-state index in [-0.39, 0.29) is 0 Å². The average Bonchev–Trinajstić information content (AvgIpc) is 2.40. The molecule has 31 heavy (non-hydrogen) atoms. The van der Waals surface area contributed by atoms with Gasteiger partial charge in [-0.1, -0.05) is 0 Å². The maximum atomic E-state index is 2.80. The van der Waals surface area contributed by atoms with Gasteiger partial charge in [-0.25, -0.2) is 0 Å². The first-order valence-corrected chi connectivity index (χ1v) is 37.8. The zero-order chi connectivity index (χ0) is 25.9. The topological polar surface area (TPSA) is 6.48 Å². The quantitative estimate of drug-likeness (QED) is 0.216. The molecule has 0 fully saturated rings. The van der Waals surface area contributed by atoms with Gasteiger partial charge in [-0.15, -0.1) is 0 Å². The molecule has 0 heterocycles. The molecule has 0 saturated heterocycles.